The third-order valence-corrected chi connectivity index (χ3v) is 12.4. The van der Waals surface area contributed by atoms with Crippen LogP contribution in [-0.2, 0) is 28.6 Å². The largest absolute Gasteiger partial charge is 0.462 e. The van der Waals surface area contributed by atoms with Gasteiger partial charge in [-0.3, -0.25) is 14.4 Å². The summed E-state index contributed by atoms with van der Waals surface area (Å²) in [7, 11) is 0. The van der Waals surface area contributed by atoms with Crippen molar-refractivity contribution in [3.8, 4) is 0 Å². The summed E-state index contributed by atoms with van der Waals surface area (Å²) < 4.78 is 16.8. The molecular formula is C63H108O6. The third-order valence-electron chi connectivity index (χ3n) is 12.4. The number of hydrogen-bond acceptors (Lipinski definition) is 6. The Labute approximate surface area is 426 Å². The number of carbonyl (C=O) groups is 3. The van der Waals surface area contributed by atoms with E-state index in [0.717, 1.165) is 122 Å². The molecule has 0 aliphatic carbocycles. The van der Waals surface area contributed by atoms with Gasteiger partial charge in [0.15, 0.2) is 6.10 Å². The smallest absolute Gasteiger partial charge is 0.306 e. The molecule has 396 valence electrons. The first-order valence-electron chi connectivity index (χ1n) is 29.1. The minimum absolute atomic E-state index is 0.0797. The Morgan fingerprint density at radius 2 is 0.565 bits per heavy atom. The van der Waals surface area contributed by atoms with E-state index in [9.17, 15) is 14.4 Å². The van der Waals surface area contributed by atoms with Crippen LogP contribution in [0.2, 0.25) is 0 Å². The van der Waals surface area contributed by atoms with Gasteiger partial charge in [-0.1, -0.05) is 266 Å². The predicted molar refractivity (Wildman–Crippen MR) is 297 cm³/mol. The Bertz CT molecular complexity index is 1330. The summed E-state index contributed by atoms with van der Waals surface area (Å²) in [5.41, 5.74) is 0. The van der Waals surface area contributed by atoms with Gasteiger partial charge in [0, 0.05) is 19.3 Å². The SMILES string of the molecule is CC/C=C\C/C=C\C/C=C\C/C=C\C/C=C\C/C=C\C/C=C\CCCCCCCC(=O)OCC(COC(=O)CCCCCCCCCC)OC(=O)CCCCCCCCCCCCCCCCCC. The van der Waals surface area contributed by atoms with Gasteiger partial charge in [-0.2, -0.15) is 0 Å². The van der Waals surface area contributed by atoms with Crippen LogP contribution in [0.1, 0.15) is 278 Å². The van der Waals surface area contributed by atoms with Gasteiger partial charge in [-0.25, -0.2) is 0 Å². The first-order chi connectivity index (χ1) is 34.0. The predicted octanol–water partition coefficient (Wildman–Crippen LogP) is 19.5. The van der Waals surface area contributed by atoms with E-state index in [1.54, 1.807) is 0 Å². The summed E-state index contributed by atoms with van der Waals surface area (Å²) in [6.07, 6.45) is 74.4. The van der Waals surface area contributed by atoms with Gasteiger partial charge in [0.25, 0.3) is 0 Å². The van der Waals surface area contributed by atoms with Gasteiger partial charge in [-0.05, 0) is 77.0 Å². The fraction of sp³-hybridized carbons (Fsp3) is 0.730. The van der Waals surface area contributed by atoms with Gasteiger partial charge in [0.1, 0.15) is 13.2 Å². The van der Waals surface area contributed by atoms with Crippen molar-refractivity contribution in [3.05, 3.63) is 85.1 Å². The number of ether oxygens (including phenoxy) is 3. The Morgan fingerprint density at radius 3 is 0.884 bits per heavy atom. The van der Waals surface area contributed by atoms with E-state index in [4.69, 9.17) is 14.2 Å². The number of hydrogen-bond donors (Lipinski definition) is 0. The second kappa shape index (κ2) is 57.2. The minimum Gasteiger partial charge on any atom is -0.462 e. The molecule has 0 fully saturated rings. The fourth-order valence-electron chi connectivity index (χ4n) is 8.07. The van der Waals surface area contributed by atoms with Crippen LogP contribution in [-0.4, -0.2) is 37.2 Å². The molecule has 0 saturated heterocycles. The number of unbranched alkanes of at least 4 members (excludes halogenated alkanes) is 27. The highest BCUT2D eigenvalue weighted by atomic mass is 16.6. The molecule has 0 bridgehead atoms. The average Bonchev–Trinajstić information content (AvgIpc) is 3.35. The van der Waals surface area contributed by atoms with Crippen LogP contribution in [0, 0.1) is 0 Å². The van der Waals surface area contributed by atoms with Crippen molar-refractivity contribution in [2.75, 3.05) is 13.2 Å². The summed E-state index contributed by atoms with van der Waals surface area (Å²) in [5.74, 6) is -0.896. The van der Waals surface area contributed by atoms with E-state index >= 15 is 0 Å². The van der Waals surface area contributed by atoms with Crippen LogP contribution in [0.5, 0.6) is 0 Å². The van der Waals surface area contributed by atoms with Gasteiger partial charge in [0.2, 0.25) is 0 Å². The maximum Gasteiger partial charge on any atom is 0.306 e. The molecule has 0 aromatic rings. The lowest BCUT2D eigenvalue weighted by Crippen LogP contribution is -2.30. The van der Waals surface area contributed by atoms with Crippen LogP contribution >= 0.6 is 0 Å². The molecule has 69 heavy (non-hydrogen) atoms. The molecule has 0 spiro atoms. The first kappa shape index (κ1) is 65.6. The van der Waals surface area contributed by atoms with E-state index in [-0.39, 0.29) is 31.1 Å². The van der Waals surface area contributed by atoms with Crippen LogP contribution in [0.15, 0.2) is 85.1 Å². The van der Waals surface area contributed by atoms with E-state index in [0.29, 0.717) is 19.3 Å². The summed E-state index contributed by atoms with van der Waals surface area (Å²) in [6, 6.07) is 0. The molecule has 0 aliphatic rings. The lowest BCUT2D eigenvalue weighted by atomic mass is 10.0. The lowest BCUT2D eigenvalue weighted by molar-refractivity contribution is -0.167. The molecule has 6 heteroatoms. The summed E-state index contributed by atoms with van der Waals surface area (Å²) in [4.78, 5) is 38.0. The topological polar surface area (TPSA) is 78.9 Å². The summed E-state index contributed by atoms with van der Waals surface area (Å²) >= 11 is 0. The van der Waals surface area contributed by atoms with E-state index in [2.05, 4.69) is 106 Å². The lowest BCUT2D eigenvalue weighted by Gasteiger charge is -2.18. The Balaban J connectivity index is 4.25. The number of rotatable bonds is 52. The second-order valence-electron chi connectivity index (χ2n) is 19.2. The molecule has 0 heterocycles. The van der Waals surface area contributed by atoms with Crippen molar-refractivity contribution in [1.29, 1.82) is 0 Å². The Morgan fingerprint density at radius 1 is 0.304 bits per heavy atom. The zero-order valence-corrected chi connectivity index (χ0v) is 45.3. The van der Waals surface area contributed by atoms with Crippen molar-refractivity contribution in [2.45, 2.75) is 284 Å². The molecule has 1 atom stereocenters. The minimum atomic E-state index is -0.780. The molecule has 0 aliphatic heterocycles. The van der Waals surface area contributed by atoms with Crippen molar-refractivity contribution in [1.82, 2.24) is 0 Å². The normalized spacial score (nSPS) is 12.7. The van der Waals surface area contributed by atoms with Crippen LogP contribution < -0.4 is 0 Å². The molecule has 0 aromatic carbocycles. The number of esters is 3. The molecule has 0 amide bonds. The standard InChI is InChI=1S/C63H108O6/c1-4-7-10-13-16-19-21-23-25-27-28-29-30-31-32-33-34-35-36-37-39-40-42-44-47-50-53-56-62(65)68-59-60(58-67-61(64)55-52-49-46-18-15-12-9-6-3)69-63(66)57-54-51-48-45-43-41-38-26-24-22-20-17-14-11-8-5-2/h7,10,16,19,23,25,28-29,31-32,34-35,37,39,60H,4-6,8-9,11-15,17-18,20-22,24,26-27,30,33,36,38,40-59H2,1-3H3/b10-7-,19-16-,25-23-,29-28-,32-31-,35-34-,39-37-. The molecule has 0 saturated carbocycles. The maximum atomic E-state index is 12.8. The Kier molecular flexibility index (Phi) is 54.3. The second-order valence-corrected chi connectivity index (χ2v) is 19.2. The van der Waals surface area contributed by atoms with Crippen molar-refractivity contribution < 1.29 is 28.6 Å². The van der Waals surface area contributed by atoms with E-state index < -0.39 is 6.10 Å². The van der Waals surface area contributed by atoms with Crippen molar-refractivity contribution in [2.24, 2.45) is 0 Å². The summed E-state index contributed by atoms with van der Waals surface area (Å²) in [5, 5.41) is 0. The molecule has 1 unspecified atom stereocenters. The molecule has 0 radical (unpaired) electrons. The average molecular weight is 962 g/mol. The first-order valence-corrected chi connectivity index (χ1v) is 29.1. The molecule has 0 aromatic heterocycles. The van der Waals surface area contributed by atoms with Gasteiger partial charge < -0.3 is 14.2 Å². The zero-order valence-electron chi connectivity index (χ0n) is 45.3. The highest BCUT2D eigenvalue weighted by Gasteiger charge is 2.19. The third kappa shape index (κ3) is 55.4. The molecule has 6 nitrogen and oxygen atoms in total. The van der Waals surface area contributed by atoms with Gasteiger partial charge in [0.05, 0.1) is 0 Å². The van der Waals surface area contributed by atoms with Crippen LogP contribution in [0.3, 0.4) is 0 Å². The maximum absolute atomic E-state index is 12.8. The van der Waals surface area contributed by atoms with E-state index in [1.165, 1.54) is 116 Å². The van der Waals surface area contributed by atoms with Crippen LogP contribution in [0.4, 0.5) is 0 Å². The summed E-state index contributed by atoms with van der Waals surface area (Å²) in [6.45, 7) is 6.50. The quantitative estimate of drug-likeness (QED) is 0.0262. The van der Waals surface area contributed by atoms with Crippen molar-refractivity contribution >= 4 is 17.9 Å². The monoisotopic (exact) mass is 961 g/mol. The van der Waals surface area contributed by atoms with Gasteiger partial charge >= 0.3 is 17.9 Å². The molecular weight excluding hydrogens is 853 g/mol. The van der Waals surface area contributed by atoms with Gasteiger partial charge in [-0.15, -0.1) is 0 Å². The van der Waals surface area contributed by atoms with Crippen LogP contribution in [0.25, 0.3) is 0 Å². The molecule has 0 rings (SSSR count). The number of carbonyl (C=O) groups excluding carboxylic acids is 3. The Hall–Kier alpha value is -3.41. The highest BCUT2D eigenvalue weighted by Crippen LogP contribution is 2.16. The number of allylic oxidation sites excluding steroid dienone is 14. The highest BCUT2D eigenvalue weighted by molar-refractivity contribution is 5.71. The zero-order chi connectivity index (χ0) is 50.0. The van der Waals surface area contributed by atoms with Crippen molar-refractivity contribution in [3.63, 3.8) is 0 Å². The fourth-order valence-corrected chi connectivity index (χ4v) is 8.07. The molecule has 0 N–H and O–H groups in total. The van der Waals surface area contributed by atoms with E-state index in [1.807, 2.05) is 0 Å².